The molecule has 1 aromatic rings. The molecule has 0 aliphatic rings. The third-order valence-electron chi connectivity index (χ3n) is 2.49. The largest absolute Gasteiger partial charge is 0.481 e. The lowest BCUT2D eigenvalue weighted by Gasteiger charge is -2.13. The Bertz CT molecular complexity index is 404. The zero-order valence-electron chi connectivity index (χ0n) is 10.6. The van der Waals surface area contributed by atoms with E-state index in [0.717, 1.165) is 0 Å². The van der Waals surface area contributed by atoms with E-state index in [4.69, 9.17) is 5.11 Å². The summed E-state index contributed by atoms with van der Waals surface area (Å²) in [4.78, 5) is 26.6. The summed E-state index contributed by atoms with van der Waals surface area (Å²) in [5.74, 6) is -1.74. The minimum absolute atomic E-state index is 0.0687. The fourth-order valence-corrected chi connectivity index (χ4v) is 1.68. The van der Waals surface area contributed by atoms with Crippen LogP contribution in [-0.2, 0) is 9.59 Å². The van der Waals surface area contributed by atoms with Crippen molar-refractivity contribution in [3.8, 4) is 0 Å². The first-order valence-corrected chi connectivity index (χ1v) is 5.92. The lowest BCUT2D eigenvalue weighted by Crippen LogP contribution is -2.30. The molecule has 0 fully saturated rings. The zero-order valence-corrected chi connectivity index (χ0v) is 10.6. The molecule has 5 heteroatoms. The molecule has 2 N–H and O–H groups in total. The number of carboxylic acids is 1. The number of hydrogen-bond acceptors (Lipinski definition) is 3. The van der Waals surface area contributed by atoms with Crippen molar-refractivity contribution in [3.05, 3.63) is 30.1 Å². The number of pyridine rings is 1. The van der Waals surface area contributed by atoms with E-state index in [9.17, 15) is 9.59 Å². The molecule has 1 amide bonds. The maximum atomic E-state index is 11.5. The molecule has 0 aliphatic heterocycles. The average Bonchev–Trinajstić information content (AvgIpc) is 2.29. The van der Waals surface area contributed by atoms with Crippen LogP contribution in [0.3, 0.4) is 0 Å². The summed E-state index contributed by atoms with van der Waals surface area (Å²) in [7, 11) is 0. The van der Waals surface area contributed by atoms with E-state index in [0.29, 0.717) is 5.56 Å². The Labute approximate surface area is 106 Å². The Morgan fingerprint density at radius 2 is 2.17 bits per heavy atom. The van der Waals surface area contributed by atoms with Gasteiger partial charge in [-0.15, -0.1) is 0 Å². The number of carbonyl (C=O) groups is 2. The van der Waals surface area contributed by atoms with Crippen molar-refractivity contribution in [1.82, 2.24) is 10.3 Å². The fourth-order valence-electron chi connectivity index (χ4n) is 1.68. The van der Waals surface area contributed by atoms with Crippen molar-refractivity contribution in [1.29, 1.82) is 0 Å². The van der Waals surface area contributed by atoms with Gasteiger partial charge in [0.25, 0.3) is 0 Å². The molecule has 1 rings (SSSR count). The highest BCUT2D eigenvalue weighted by atomic mass is 16.4. The zero-order chi connectivity index (χ0) is 13.5. The predicted molar refractivity (Wildman–Crippen MR) is 67.1 cm³/mol. The van der Waals surface area contributed by atoms with Crippen LogP contribution in [0.15, 0.2) is 24.5 Å². The van der Waals surface area contributed by atoms with E-state index in [1.807, 2.05) is 13.8 Å². The third-order valence-corrected chi connectivity index (χ3v) is 2.49. The van der Waals surface area contributed by atoms with Crippen LogP contribution in [0.25, 0.3) is 0 Å². The van der Waals surface area contributed by atoms with Gasteiger partial charge in [-0.25, -0.2) is 0 Å². The van der Waals surface area contributed by atoms with E-state index in [-0.39, 0.29) is 24.8 Å². The van der Waals surface area contributed by atoms with Crippen molar-refractivity contribution in [3.63, 3.8) is 0 Å². The third kappa shape index (κ3) is 4.53. The smallest absolute Gasteiger partial charge is 0.311 e. The van der Waals surface area contributed by atoms with Crippen LogP contribution in [0.2, 0.25) is 0 Å². The summed E-state index contributed by atoms with van der Waals surface area (Å²) in [5, 5.41) is 11.9. The molecule has 0 saturated carbocycles. The van der Waals surface area contributed by atoms with Gasteiger partial charge in [-0.2, -0.15) is 0 Å². The van der Waals surface area contributed by atoms with E-state index in [2.05, 4.69) is 10.3 Å². The molecular weight excluding hydrogens is 232 g/mol. The summed E-state index contributed by atoms with van der Waals surface area (Å²) in [6.07, 6.45) is 3.59. The quantitative estimate of drug-likeness (QED) is 0.803. The molecule has 98 valence electrons. The van der Waals surface area contributed by atoms with E-state index in [1.165, 1.54) is 6.20 Å². The van der Waals surface area contributed by atoms with E-state index < -0.39 is 11.9 Å². The van der Waals surface area contributed by atoms with Gasteiger partial charge in [0.1, 0.15) is 0 Å². The Kier molecular flexibility index (Phi) is 5.30. The number of amides is 1. The summed E-state index contributed by atoms with van der Waals surface area (Å²) < 4.78 is 0. The Morgan fingerprint density at radius 1 is 1.44 bits per heavy atom. The second-order valence-corrected chi connectivity index (χ2v) is 4.44. The molecule has 0 saturated heterocycles. The molecule has 1 aromatic heterocycles. The van der Waals surface area contributed by atoms with Crippen LogP contribution in [-0.4, -0.2) is 28.0 Å². The van der Waals surface area contributed by atoms with Crippen molar-refractivity contribution >= 4 is 11.9 Å². The van der Waals surface area contributed by atoms with Gasteiger partial charge in [0.05, 0.1) is 5.92 Å². The number of nitrogens with zero attached hydrogens (tertiary/aromatic N) is 1. The van der Waals surface area contributed by atoms with Crippen LogP contribution >= 0.6 is 0 Å². The number of carbonyl (C=O) groups excluding carboxylic acids is 1. The number of aliphatic carboxylic acids is 1. The molecule has 0 aromatic carbocycles. The first kappa shape index (κ1) is 14.2. The van der Waals surface area contributed by atoms with Gasteiger partial charge in [-0.05, 0) is 31.9 Å². The summed E-state index contributed by atoms with van der Waals surface area (Å²) in [5.41, 5.74) is 0.627. The van der Waals surface area contributed by atoms with Crippen molar-refractivity contribution in [2.24, 2.45) is 0 Å². The molecule has 0 aliphatic carbocycles. The molecule has 0 radical (unpaired) electrons. The van der Waals surface area contributed by atoms with Crippen LogP contribution in [0.4, 0.5) is 0 Å². The lowest BCUT2D eigenvalue weighted by atomic mass is 9.95. The first-order chi connectivity index (χ1) is 8.50. The monoisotopic (exact) mass is 250 g/mol. The highest BCUT2D eigenvalue weighted by molar-refractivity contribution is 5.79. The van der Waals surface area contributed by atoms with Gasteiger partial charge in [-0.1, -0.05) is 6.07 Å². The minimum atomic E-state index is -0.930. The van der Waals surface area contributed by atoms with Gasteiger partial charge >= 0.3 is 5.97 Å². The molecule has 0 bridgehead atoms. The van der Waals surface area contributed by atoms with Crippen molar-refractivity contribution in [2.75, 3.05) is 0 Å². The second-order valence-electron chi connectivity index (χ2n) is 4.44. The Hall–Kier alpha value is -1.91. The summed E-state index contributed by atoms with van der Waals surface area (Å²) in [6.45, 7) is 3.74. The second kappa shape index (κ2) is 6.74. The summed E-state index contributed by atoms with van der Waals surface area (Å²) >= 11 is 0. The molecule has 5 nitrogen and oxygen atoms in total. The van der Waals surface area contributed by atoms with Crippen molar-refractivity contribution in [2.45, 2.75) is 38.6 Å². The van der Waals surface area contributed by atoms with Gasteiger partial charge in [0, 0.05) is 24.9 Å². The highest BCUT2D eigenvalue weighted by Crippen LogP contribution is 2.20. The molecule has 0 spiro atoms. The maximum absolute atomic E-state index is 11.5. The number of rotatable bonds is 6. The van der Waals surface area contributed by atoms with Crippen LogP contribution in [0.1, 0.15) is 38.2 Å². The lowest BCUT2D eigenvalue weighted by molar-refractivity contribution is -0.139. The Balaban J connectivity index is 2.60. The normalized spacial score (nSPS) is 12.2. The Morgan fingerprint density at radius 3 is 2.67 bits per heavy atom. The first-order valence-electron chi connectivity index (χ1n) is 5.92. The highest BCUT2D eigenvalue weighted by Gasteiger charge is 2.21. The molecule has 1 atom stereocenters. The van der Waals surface area contributed by atoms with Crippen LogP contribution in [0.5, 0.6) is 0 Å². The van der Waals surface area contributed by atoms with E-state index in [1.54, 1.807) is 18.3 Å². The number of nitrogens with one attached hydrogen (secondary N) is 1. The van der Waals surface area contributed by atoms with Crippen LogP contribution < -0.4 is 5.32 Å². The van der Waals surface area contributed by atoms with Gasteiger partial charge in [0.2, 0.25) is 5.91 Å². The molecule has 1 heterocycles. The predicted octanol–water partition coefficient (Wildman–Crippen LogP) is 1.55. The fraction of sp³-hybridized carbons (Fsp3) is 0.462. The molecular formula is C13H18N2O3. The van der Waals surface area contributed by atoms with Crippen molar-refractivity contribution < 1.29 is 14.7 Å². The minimum Gasteiger partial charge on any atom is -0.481 e. The molecule has 1 unspecified atom stereocenters. The average molecular weight is 250 g/mol. The van der Waals surface area contributed by atoms with Gasteiger partial charge in [-0.3, -0.25) is 14.6 Å². The van der Waals surface area contributed by atoms with Crippen LogP contribution in [0, 0.1) is 0 Å². The number of hydrogen-bond donors (Lipinski definition) is 2. The molecule has 18 heavy (non-hydrogen) atoms. The SMILES string of the molecule is CC(C)NC(=O)CCC(C(=O)O)c1cccnc1. The topological polar surface area (TPSA) is 79.3 Å². The van der Waals surface area contributed by atoms with Gasteiger partial charge in [0.15, 0.2) is 0 Å². The number of aromatic nitrogens is 1. The maximum Gasteiger partial charge on any atom is 0.311 e. The van der Waals surface area contributed by atoms with Gasteiger partial charge < -0.3 is 10.4 Å². The van der Waals surface area contributed by atoms with E-state index >= 15 is 0 Å². The summed E-state index contributed by atoms with van der Waals surface area (Å²) in [6, 6.07) is 3.48. The standard InChI is InChI=1S/C13H18N2O3/c1-9(2)15-12(16)6-5-11(13(17)18)10-4-3-7-14-8-10/h3-4,7-9,11H,5-6H2,1-2H3,(H,15,16)(H,17,18). The number of carboxylic acid groups (broad SMARTS) is 1.